The molecule has 114 valence electrons. The molecule has 3 nitrogen and oxygen atoms in total. The molecule has 1 aromatic carbocycles. The fourth-order valence-electron chi connectivity index (χ4n) is 3.74. The Morgan fingerprint density at radius 1 is 1.10 bits per heavy atom. The first-order chi connectivity index (χ1) is 9.97. The summed E-state index contributed by atoms with van der Waals surface area (Å²) in [5.41, 5.74) is 3.51. The maximum Gasteiger partial charge on any atom is 0.240 e. The van der Waals surface area contributed by atoms with E-state index in [1.807, 2.05) is 0 Å². The summed E-state index contributed by atoms with van der Waals surface area (Å²) >= 11 is 0. The lowest BCUT2D eigenvalue weighted by Crippen LogP contribution is -2.14. The lowest BCUT2D eigenvalue weighted by atomic mass is 9.91. The Hall–Kier alpha value is -1.20. The highest BCUT2D eigenvalue weighted by Gasteiger charge is 2.26. The van der Waals surface area contributed by atoms with Gasteiger partial charge in [-0.25, -0.2) is 17.9 Å². The van der Waals surface area contributed by atoms with Gasteiger partial charge in [0.25, 0.3) is 0 Å². The van der Waals surface area contributed by atoms with Gasteiger partial charge in [0.2, 0.25) is 10.0 Å². The van der Waals surface area contributed by atoms with Gasteiger partial charge in [-0.1, -0.05) is 24.5 Å². The number of nitrogens with two attached hydrogens (primary N) is 1. The van der Waals surface area contributed by atoms with E-state index < -0.39 is 20.7 Å². The lowest BCUT2D eigenvalue weighted by Gasteiger charge is -2.15. The van der Waals surface area contributed by atoms with Crippen LogP contribution in [-0.2, 0) is 10.0 Å². The number of primary sulfonamides is 1. The molecule has 21 heavy (non-hydrogen) atoms. The molecule has 1 fully saturated rings. The maximum atomic E-state index is 14.0. The van der Waals surface area contributed by atoms with Gasteiger partial charge in [0.05, 0.1) is 0 Å². The molecule has 0 amide bonds. The Morgan fingerprint density at radius 2 is 1.81 bits per heavy atom. The number of allylic oxidation sites excluding steroid dienone is 2. The first-order valence-electron chi connectivity index (χ1n) is 7.51. The summed E-state index contributed by atoms with van der Waals surface area (Å²) in [5.74, 6) is -0.108. The van der Waals surface area contributed by atoms with Crippen molar-refractivity contribution >= 4 is 15.6 Å². The van der Waals surface area contributed by atoms with Crippen molar-refractivity contribution < 1.29 is 12.8 Å². The summed E-state index contributed by atoms with van der Waals surface area (Å²) in [6.07, 6.45) is 8.19. The average Bonchev–Trinajstić information content (AvgIpc) is 3.08. The van der Waals surface area contributed by atoms with E-state index in [9.17, 15) is 12.8 Å². The van der Waals surface area contributed by atoms with E-state index in [1.54, 1.807) is 6.07 Å². The van der Waals surface area contributed by atoms with E-state index in [-0.39, 0.29) is 0 Å². The third-order valence-electron chi connectivity index (χ3n) is 4.70. The molecule has 3 rings (SSSR count). The molecule has 2 N–H and O–H groups in total. The fourth-order valence-corrected chi connectivity index (χ4v) is 4.33. The molecule has 0 aliphatic heterocycles. The fraction of sp³-hybridized carbons (Fsp3) is 0.500. The standard InChI is InChI=1S/C16H20FNO2S/c17-15-10-12(8-9-16(15)21(18,19)20)14-7-3-6-13(14)11-4-1-2-5-11/h8-11H,1-7H2,(H2,18,19,20). The predicted molar refractivity (Wildman–Crippen MR) is 80.5 cm³/mol. The van der Waals surface area contributed by atoms with Gasteiger partial charge in [-0.05, 0) is 61.3 Å². The molecule has 2 aliphatic carbocycles. The van der Waals surface area contributed by atoms with Gasteiger partial charge in [0, 0.05) is 0 Å². The number of hydrogen-bond donors (Lipinski definition) is 1. The molecule has 1 saturated carbocycles. The molecular weight excluding hydrogens is 289 g/mol. The second-order valence-electron chi connectivity index (χ2n) is 6.03. The van der Waals surface area contributed by atoms with Gasteiger partial charge in [-0.2, -0.15) is 0 Å². The highest BCUT2D eigenvalue weighted by molar-refractivity contribution is 7.89. The van der Waals surface area contributed by atoms with Crippen LogP contribution < -0.4 is 5.14 Å². The zero-order chi connectivity index (χ0) is 15.0. The van der Waals surface area contributed by atoms with Crippen LogP contribution in [0.2, 0.25) is 0 Å². The van der Waals surface area contributed by atoms with Crippen molar-refractivity contribution in [2.24, 2.45) is 11.1 Å². The summed E-state index contributed by atoms with van der Waals surface area (Å²) < 4.78 is 36.6. The summed E-state index contributed by atoms with van der Waals surface area (Å²) in [5, 5.41) is 5.01. The van der Waals surface area contributed by atoms with Crippen molar-refractivity contribution in [3.05, 3.63) is 35.2 Å². The number of hydrogen-bond acceptors (Lipinski definition) is 2. The second kappa shape index (κ2) is 5.54. The van der Waals surface area contributed by atoms with Crippen molar-refractivity contribution in [2.45, 2.75) is 49.8 Å². The molecule has 0 atom stereocenters. The highest BCUT2D eigenvalue weighted by Crippen LogP contribution is 2.43. The van der Waals surface area contributed by atoms with E-state index in [0.29, 0.717) is 5.92 Å². The molecule has 0 saturated heterocycles. The van der Waals surface area contributed by atoms with Gasteiger partial charge in [-0.3, -0.25) is 0 Å². The molecule has 0 aromatic heterocycles. The number of benzene rings is 1. The van der Waals surface area contributed by atoms with Crippen molar-refractivity contribution in [2.75, 3.05) is 0 Å². The van der Waals surface area contributed by atoms with E-state index in [2.05, 4.69) is 0 Å². The number of rotatable bonds is 3. The first-order valence-corrected chi connectivity index (χ1v) is 9.06. The molecule has 0 spiro atoms. The van der Waals surface area contributed by atoms with Crippen LogP contribution in [0.3, 0.4) is 0 Å². The molecule has 0 heterocycles. The van der Waals surface area contributed by atoms with Crippen molar-refractivity contribution in [3.8, 4) is 0 Å². The van der Waals surface area contributed by atoms with Gasteiger partial charge in [0.1, 0.15) is 10.7 Å². The van der Waals surface area contributed by atoms with Crippen LogP contribution in [0.4, 0.5) is 4.39 Å². The molecular formula is C16H20FNO2S. The van der Waals surface area contributed by atoms with Crippen LogP contribution in [0.15, 0.2) is 28.7 Å². The molecule has 5 heteroatoms. The SMILES string of the molecule is NS(=O)(=O)c1ccc(C2=C(C3CCCC3)CCC2)cc1F. The molecule has 2 aliphatic rings. The van der Waals surface area contributed by atoms with Gasteiger partial charge >= 0.3 is 0 Å². The number of sulfonamides is 1. The zero-order valence-electron chi connectivity index (χ0n) is 11.9. The summed E-state index contributed by atoms with van der Waals surface area (Å²) in [6.45, 7) is 0. The Kier molecular flexibility index (Phi) is 3.88. The van der Waals surface area contributed by atoms with E-state index in [4.69, 9.17) is 5.14 Å². The zero-order valence-corrected chi connectivity index (χ0v) is 12.8. The third-order valence-corrected chi connectivity index (χ3v) is 5.64. The second-order valence-corrected chi connectivity index (χ2v) is 7.56. The van der Waals surface area contributed by atoms with E-state index in [0.717, 1.165) is 24.8 Å². The van der Waals surface area contributed by atoms with E-state index in [1.165, 1.54) is 49.0 Å². The largest absolute Gasteiger partial charge is 0.240 e. The lowest BCUT2D eigenvalue weighted by molar-refractivity contribution is 0.567. The van der Waals surface area contributed by atoms with Gasteiger partial charge in [0.15, 0.2) is 0 Å². The number of halogens is 1. The van der Waals surface area contributed by atoms with E-state index >= 15 is 0 Å². The molecule has 0 radical (unpaired) electrons. The minimum atomic E-state index is -3.99. The molecule has 0 bridgehead atoms. The molecule has 1 aromatic rings. The Balaban J connectivity index is 2.00. The quantitative estimate of drug-likeness (QED) is 0.927. The van der Waals surface area contributed by atoms with Crippen molar-refractivity contribution in [3.63, 3.8) is 0 Å². The van der Waals surface area contributed by atoms with Crippen molar-refractivity contribution in [1.29, 1.82) is 0 Å². The van der Waals surface area contributed by atoms with Gasteiger partial charge in [-0.15, -0.1) is 0 Å². The summed E-state index contributed by atoms with van der Waals surface area (Å²) in [6, 6.07) is 4.31. The first kappa shape index (κ1) is 14.7. The Morgan fingerprint density at radius 3 is 2.43 bits per heavy atom. The van der Waals surface area contributed by atoms with Crippen LogP contribution >= 0.6 is 0 Å². The highest BCUT2D eigenvalue weighted by atomic mass is 32.2. The predicted octanol–water partition coefficient (Wildman–Crippen LogP) is 3.60. The van der Waals surface area contributed by atoms with Gasteiger partial charge < -0.3 is 0 Å². The summed E-state index contributed by atoms with van der Waals surface area (Å²) in [7, 11) is -3.99. The molecule has 0 unspecified atom stereocenters. The summed E-state index contributed by atoms with van der Waals surface area (Å²) in [4.78, 5) is -0.424. The van der Waals surface area contributed by atoms with Crippen LogP contribution in [0, 0.1) is 11.7 Å². The third kappa shape index (κ3) is 2.90. The van der Waals surface area contributed by atoms with Crippen molar-refractivity contribution in [1.82, 2.24) is 0 Å². The monoisotopic (exact) mass is 309 g/mol. The van der Waals surface area contributed by atoms with Crippen LogP contribution in [0.25, 0.3) is 5.57 Å². The van der Waals surface area contributed by atoms with Crippen LogP contribution in [0.5, 0.6) is 0 Å². The Bertz CT molecular complexity index is 688. The smallest absolute Gasteiger partial charge is 0.225 e. The van der Waals surface area contributed by atoms with Crippen LogP contribution in [0.1, 0.15) is 50.5 Å². The topological polar surface area (TPSA) is 60.2 Å². The van der Waals surface area contributed by atoms with Crippen LogP contribution in [-0.4, -0.2) is 8.42 Å². The minimum Gasteiger partial charge on any atom is -0.225 e. The minimum absolute atomic E-state index is 0.424. The Labute approximate surface area is 125 Å². The normalized spacial score (nSPS) is 20.5. The maximum absolute atomic E-state index is 14.0. The average molecular weight is 309 g/mol.